The predicted molar refractivity (Wildman–Crippen MR) is 91.8 cm³/mol. The van der Waals surface area contributed by atoms with Gasteiger partial charge in [0.15, 0.2) is 10.0 Å². The zero-order valence-corrected chi connectivity index (χ0v) is 15.1. The molecule has 0 saturated carbocycles. The SMILES string of the molecule is Cc1cc(C(=O)Nc2nnc(SCC(=O)NC[C@H]3CCCO3)s2)no1. The summed E-state index contributed by atoms with van der Waals surface area (Å²) in [6.45, 7) is 3.00. The third kappa shape index (κ3) is 5.25. The lowest BCUT2D eigenvalue weighted by Gasteiger charge is -2.09. The van der Waals surface area contributed by atoms with Crippen molar-refractivity contribution >= 4 is 40.0 Å². The highest BCUT2D eigenvalue weighted by Gasteiger charge is 2.17. The minimum Gasteiger partial charge on any atom is -0.376 e. The summed E-state index contributed by atoms with van der Waals surface area (Å²) in [7, 11) is 0. The average molecular weight is 383 g/mol. The zero-order valence-electron chi connectivity index (χ0n) is 13.5. The average Bonchev–Trinajstić information content (AvgIpc) is 3.33. The highest BCUT2D eigenvalue weighted by atomic mass is 32.2. The fraction of sp³-hybridized carbons (Fsp3) is 0.500. The third-order valence-corrected chi connectivity index (χ3v) is 5.34. The van der Waals surface area contributed by atoms with Gasteiger partial charge in [0.1, 0.15) is 5.76 Å². The van der Waals surface area contributed by atoms with Crippen LogP contribution in [-0.2, 0) is 9.53 Å². The summed E-state index contributed by atoms with van der Waals surface area (Å²) >= 11 is 2.46. The first-order valence-electron chi connectivity index (χ1n) is 7.69. The lowest BCUT2D eigenvalue weighted by atomic mass is 10.2. The Kier molecular flexibility index (Phi) is 6.00. The van der Waals surface area contributed by atoms with E-state index in [1.165, 1.54) is 29.2 Å². The van der Waals surface area contributed by atoms with Gasteiger partial charge in [-0.15, -0.1) is 10.2 Å². The maximum atomic E-state index is 11.9. The number of ether oxygens (including phenoxy) is 1. The van der Waals surface area contributed by atoms with E-state index < -0.39 is 5.91 Å². The van der Waals surface area contributed by atoms with Gasteiger partial charge in [-0.25, -0.2) is 0 Å². The van der Waals surface area contributed by atoms with E-state index in [9.17, 15) is 9.59 Å². The molecule has 0 radical (unpaired) electrons. The molecule has 1 aliphatic heterocycles. The van der Waals surface area contributed by atoms with Crippen LogP contribution in [0.25, 0.3) is 0 Å². The van der Waals surface area contributed by atoms with Gasteiger partial charge in [-0.3, -0.25) is 14.9 Å². The quantitative estimate of drug-likeness (QED) is 0.545. The Bertz CT molecular complexity index is 741. The van der Waals surface area contributed by atoms with Crippen molar-refractivity contribution in [2.75, 3.05) is 24.2 Å². The van der Waals surface area contributed by atoms with Gasteiger partial charge < -0.3 is 14.6 Å². The molecular weight excluding hydrogens is 366 g/mol. The van der Waals surface area contributed by atoms with Crippen LogP contribution in [0.1, 0.15) is 29.1 Å². The molecule has 9 nitrogen and oxygen atoms in total. The fourth-order valence-electron chi connectivity index (χ4n) is 2.16. The van der Waals surface area contributed by atoms with Crippen LogP contribution in [0, 0.1) is 6.92 Å². The Morgan fingerprint density at radius 3 is 3.04 bits per heavy atom. The van der Waals surface area contributed by atoms with Gasteiger partial charge in [0.2, 0.25) is 11.0 Å². The molecule has 2 aromatic heterocycles. The molecule has 11 heteroatoms. The van der Waals surface area contributed by atoms with Gasteiger partial charge in [-0.1, -0.05) is 28.3 Å². The maximum Gasteiger partial charge on any atom is 0.279 e. The van der Waals surface area contributed by atoms with Gasteiger partial charge in [-0.2, -0.15) is 0 Å². The largest absolute Gasteiger partial charge is 0.376 e. The smallest absolute Gasteiger partial charge is 0.279 e. The summed E-state index contributed by atoms with van der Waals surface area (Å²) in [6.07, 6.45) is 2.15. The number of thioether (sulfide) groups is 1. The number of carbonyl (C=O) groups excluding carboxylic acids is 2. The van der Waals surface area contributed by atoms with Gasteiger partial charge in [0.25, 0.3) is 5.91 Å². The van der Waals surface area contributed by atoms with Crippen LogP contribution in [0.5, 0.6) is 0 Å². The Balaban J connectivity index is 1.41. The fourth-order valence-corrected chi connectivity index (χ4v) is 3.74. The number of carbonyl (C=O) groups is 2. The Hall–Kier alpha value is -1.98. The molecule has 2 N–H and O–H groups in total. The van der Waals surface area contributed by atoms with E-state index in [2.05, 4.69) is 26.0 Å². The van der Waals surface area contributed by atoms with Crippen LogP contribution in [-0.4, -0.2) is 52.2 Å². The van der Waals surface area contributed by atoms with Gasteiger partial charge >= 0.3 is 0 Å². The monoisotopic (exact) mass is 383 g/mol. The summed E-state index contributed by atoms with van der Waals surface area (Å²) in [5.41, 5.74) is 0.176. The molecule has 1 atom stereocenters. The van der Waals surface area contributed by atoms with Crippen molar-refractivity contribution in [3.8, 4) is 0 Å². The maximum absolute atomic E-state index is 11.9. The van der Waals surface area contributed by atoms with E-state index in [0.717, 1.165) is 19.4 Å². The molecule has 134 valence electrons. The van der Waals surface area contributed by atoms with E-state index in [1.54, 1.807) is 6.92 Å². The van der Waals surface area contributed by atoms with Crippen molar-refractivity contribution in [2.24, 2.45) is 0 Å². The van der Waals surface area contributed by atoms with Crippen LogP contribution in [0.2, 0.25) is 0 Å². The van der Waals surface area contributed by atoms with E-state index in [4.69, 9.17) is 9.26 Å². The molecule has 0 spiro atoms. The van der Waals surface area contributed by atoms with E-state index in [-0.39, 0.29) is 23.5 Å². The summed E-state index contributed by atoms with van der Waals surface area (Å²) in [6, 6.07) is 1.53. The van der Waals surface area contributed by atoms with Crippen molar-refractivity contribution in [3.05, 3.63) is 17.5 Å². The number of hydrogen-bond acceptors (Lipinski definition) is 9. The van der Waals surface area contributed by atoms with Crippen molar-refractivity contribution in [1.82, 2.24) is 20.7 Å². The number of amides is 2. The van der Waals surface area contributed by atoms with E-state index in [1.807, 2.05) is 0 Å². The standard InChI is InChI=1S/C14H17N5O4S2/c1-8-5-10(19-23-8)12(21)16-13-17-18-14(25-13)24-7-11(20)15-6-9-3-2-4-22-9/h5,9H,2-4,6-7H2,1H3,(H,15,20)(H,16,17,21)/t9-/m1/s1. The van der Waals surface area contributed by atoms with Crippen LogP contribution >= 0.6 is 23.1 Å². The molecule has 3 rings (SSSR count). The number of aryl methyl sites for hydroxylation is 1. The van der Waals surface area contributed by atoms with Gasteiger partial charge in [0.05, 0.1) is 11.9 Å². The highest BCUT2D eigenvalue weighted by molar-refractivity contribution is 8.01. The molecule has 2 amide bonds. The first kappa shape index (κ1) is 17.8. The molecule has 0 unspecified atom stereocenters. The molecule has 0 aliphatic carbocycles. The van der Waals surface area contributed by atoms with Crippen LogP contribution in [0.15, 0.2) is 14.9 Å². The normalized spacial score (nSPS) is 16.8. The number of anilines is 1. The summed E-state index contributed by atoms with van der Waals surface area (Å²) < 4.78 is 10.9. The summed E-state index contributed by atoms with van der Waals surface area (Å²) in [5, 5.41) is 17.2. The Labute approximate surface area is 151 Å². The number of aromatic nitrogens is 3. The second-order valence-electron chi connectivity index (χ2n) is 5.38. The lowest BCUT2D eigenvalue weighted by molar-refractivity contribution is -0.119. The molecule has 1 saturated heterocycles. The molecule has 1 fully saturated rings. The number of nitrogens with one attached hydrogen (secondary N) is 2. The van der Waals surface area contributed by atoms with Crippen molar-refractivity contribution in [3.63, 3.8) is 0 Å². The van der Waals surface area contributed by atoms with Crippen molar-refractivity contribution < 1.29 is 18.8 Å². The third-order valence-electron chi connectivity index (χ3n) is 3.37. The summed E-state index contributed by atoms with van der Waals surface area (Å²) in [4.78, 5) is 23.8. The van der Waals surface area contributed by atoms with Crippen molar-refractivity contribution in [1.29, 1.82) is 0 Å². The van der Waals surface area contributed by atoms with Gasteiger partial charge in [-0.05, 0) is 19.8 Å². The zero-order chi connectivity index (χ0) is 17.6. The van der Waals surface area contributed by atoms with Crippen molar-refractivity contribution in [2.45, 2.75) is 30.2 Å². The second kappa shape index (κ2) is 8.41. The first-order valence-corrected chi connectivity index (χ1v) is 9.49. The lowest BCUT2D eigenvalue weighted by Crippen LogP contribution is -2.32. The summed E-state index contributed by atoms with van der Waals surface area (Å²) in [5.74, 6) is 0.281. The second-order valence-corrected chi connectivity index (χ2v) is 7.58. The van der Waals surface area contributed by atoms with Crippen LogP contribution in [0.4, 0.5) is 5.13 Å². The number of nitrogens with zero attached hydrogens (tertiary/aromatic N) is 3. The topological polar surface area (TPSA) is 119 Å². The molecular formula is C14H17N5O4S2. The van der Waals surface area contributed by atoms with E-state index in [0.29, 0.717) is 21.8 Å². The van der Waals surface area contributed by atoms with Crippen LogP contribution < -0.4 is 10.6 Å². The van der Waals surface area contributed by atoms with Crippen LogP contribution in [0.3, 0.4) is 0 Å². The molecule has 3 heterocycles. The highest BCUT2D eigenvalue weighted by Crippen LogP contribution is 2.25. The van der Waals surface area contributed by atoms with E-state index >= 15 is 0 Å². The Morgan fingerprint density at radius 2 is 2.32 bits per heavy atom. The minimum atomic E-state index is -0.418. The minimum absolute atomic E-state index is 0.0839. The molecule has 0 aromatic carbocycles. The Morgan fingerprint density at radius 1 is 1.44 bits per heavy atom. The molecule has 1 aliphatic rings. The first-order chi connectivity index (χ1) is 12.1. The van der Waals surface area contributed by atoms with Gasteiger partial charge in [0, 0.05) is 19.2 Å². The molecule has 25 heavy (non-hydrogen) atoms. The number of hydrogen-bond donors (Lipinski definition) is 2. The number of rotatable bonds is 7. The molecule has 2 aromatic rings. The predicted octanol–water partition coefficient (Wildman–Crippen LogP) is 1.47. The molecule has 0 bridgehead atoms.